The van der Waals surface area contributed by atoms with Crippen LogP contribution in [0.1, 0.15) is 27.7 Å². The molecule has 128 valence electrons. The van der Waals surface area contributed by atoms with Crippen molar-refractivity contribution in [2.24, 2.45) is 0 Å². The number of rotatable bonds is 5. The highest BCUT2D eigenvalue weighted by Crippen LogP contribution is 2.19. The van der Waals surface area contributed by atoms with Crippen molar-refractivity contribution in [1.29, 1.82) is 0 Å². The second-order valence-electron chi connectivity index (χ2n) is 6.48. The molecule has 0 aliphatic rings. The number of likely N-dealkylation sites (N-methyl/N-ethyl adjacent to an activating group) is 1. The molecule has 0 saturated heterocycles. The summed E-state index contributed by atoms with van der Waals surface area (Å²) < 4.78 is 0. The van der Waals surface area contributed by atoms with Gasteiger partial charge in [-0.05, 0) is 38.0 Å². The number of nitrogens with one attached hydrogen (secondary N) is 1. The van der Waals surface area contributed by atoms with E-state index in [1.54, 1.807) is 6.20 Å². The molecule has 0 aliphatic carbocycles. The van der Waals surface area contributed by atoms with Gasteiger partial charge < -0.3 is 10.2 Å². The Morgan fingerprint density at radius 2 is 1.80 bits per heavy atom. The van der Waals surface area contributed by atoms with Gasteiger partial charge in [0.2, 0.25) is 0 Å². The highest BCUT2D eigenvalue weighted by molar-refractivity contribution is 6.05. The Kier molecular flexibility index (Phi) is 5.10. The number of hydrogen-bond donors (Lipinski definition) is 1. The topological polar surface area (TPSA) is 45.2 Å². The first kappa shape index (κ1) is 17.1. The smallest absolute Gasteiger partial charge is 0.270 e. The van der Waals surface area contributed by atoms with E-state index < -0.39 is 0 Å². The zero-order valence-corrected chi connectivity index (χ0v) is 14.9. The molecule has 0 aliphatic heterocycles. The van der Waals surface area contributed by atoms with E-state index in [4.69, 9.17) is 0 Å². The maximum atomic E-state index is 12.7. The Labute approximate surface area is 148 Å². The monoisotopic (exact) mass is 333 g/mol. The molecular weight excluding hydrogens is 310 g/mol. The van der Waals surface area contributed by atoms with Crippen LogP contribution in [0.15, 0.2) is 60.8 Å². The molecule has 0 unspecified atom stereocenters. The number of aryl methyl sites for hydroxylation is 1. The SMILES string of the molecule is Cc1ccc([C@H](CNC(=O)c2nccc3ccccc23)N(C)C)cc1. The van der Waals surface area contributed by atoms with Gasteiger partial charge in [-0.25, -0.2) is 0 Å². The number of aromatic nitrogens is 1. The first-order valence-electron chi connectivity index (χ1n) is 8.41. The van der Waals surface area contributed by atoms with E-state index in [-0.39, 0.29) is 11.9 Å². The minimum absolute atomic E-state index is 0.111. The van der Waals surface area contributed by atoms with E-state index in [0.717, 1.165) is 10.8 Å². The molecule has 0 bridgehead atoms. The molecule has 25 heavy (non-hydrogen) atoms. The fourth-order valence-electron chi connectivity index (χ4n) is 2.96. The largest absolute Gasteiger partial charge is 0.349 e. The normalized spacial score (nSPS) is 12.3. The van der Waals surface area contributed by atoms with Crippen molar-refractivity contribution in [3.63, 3.8) is 0 Å². The van der Waals surface area contributed by atoms with Crippen LogP contribution in [0.4, 0.5) is 0 Å². The van der Waals surface area contributed by atoms with Crippen molar-refractivity contribution in [2.45, 2.75) is 13.0 Å². The minimum atomic E-state index is -0.143. The lowest BCUT2D eigenvalue weighted by Crippen LogP contribution is -2.35. The third-order valence-corrected chi connectivity index (χ3v) is 4.43. The van der Waals surface area contributed by atoms with Gasteiger partial charge in [-0.15, -0.1) is 0 Å². The lowest BCUT2D eigenvalue weighted by Gasteiger charge is -2.25. The maximum Gasteiger partial charge on any atom is 0.270 e. The molecule has 1 heterocycles. The molecule has 1 atom stereocenters. The number of benzene rings is 2. The van der Waals surface area contributed by atoms with Crippen LogP contribution in [0, 0.1) is 6.92 Å². The molecule has 2 aromatic carbocycles. The number of carbonyl (C=O) groups is 1. The van der Waals surface area contributed by atoms with Gasteiger partial charge in [0.05, 0.1) is 6.04 Å². The molecule has 3 aromatic rings. The van der Waals surface area contributed by atoms with Gasteiger partial charge in [-0.3, -0.25) is 9.78 Å². The van der Waals surface area contributed by atoms with Gasteiger partial charge in [0.15, 0.2) is 0 Å². The molecule has 1 aromatic heterocycles. The Balaban J connectivity index is 1.78. The predicted octanol–water partition coefficient (Wildman–Crippen LogP) is 3.58. The second-order valence-corrected chi connectivity index (χ2v) is 6.48. The molecule has 1 amide bonds. The van der Waals surface area contributed by atoms with E-state index in [1.165, 1.54) is 11.1 Å². The number of amides is 1. The van der Waals surface area contributed by atoms with Crippen molar-refractivity contribution >= 4 is 16.7 Å². The highest BCUT2D eigenvalue weighted by Gasteiger charge is 2.17. The first-order valence-corrected chi connectivity index (χ1v) is 8.41. The van der Waals surface area contributed by atoms with Gasteiger partial charge in [0, 0.05) is 18.1 Å². The van der Waals surface area contributed by atoms with Crippen LogP contribution < -0.4 is 5.32 Å². The van der Waals surface area contributed by atoms with E-state index in [1.807, 2.05) is 44.4 Å². The van der Waals surface area contributed by atoms with Gasteiger partial charge in [-0.1, -0.05) is 54.1 Å². The fourth-order valence-corrected chi connectivity index (χ4v) is 2.96. The summed E-state index contributed by atoms with van der Waals surface area (Å²) in [6, 6.07) is 18.3. The molecule has 0 fully saturated rings. The van der Waals surface area contributed by atoms with Crippen molar-refractivity contribution in [3.05, 3.63) is 77.6 Å². The van der Waals surface area contributed by atoms with Crippen LogP contribution in [0.25, 0.3) is 10.8 Å². The second kappa shape index (κ2) is 7.45. The Morgan fingerprint density at radius 1 is 1.08 bits per heavy atom. The summed E-state index contributed by atoms with van der Waals surface area (Å²) in [4.78, 5) is 19.1. The van der Waals surface area contributed by atoms with E-state index in [9.17, 15) is 4.79 Å². The summed E-state index contributed by atoms with van der Waals surface area (Å²) in [5, 5.41) is 4.94. The van der Waals surface area contributed by atoms with Crippen molar-refractivity contribution in [2.75, 3.05) is 20.6 Å². The van der Waals surface area contributed by atoms with Crippen LogP contribution in [-0.4, -0.2) is 36.4 Å². The summed E-state index contributed by atoms with van der Waals surface area (Å²) in [5.41, 5.74) is 2.88. The fraction of sp³-hybridized carbons (Fsp3) is 0.238. The van der Waals surface area contributed by atoms with Crippen LogP contribution in [-0.2, 0) is 0 Å². The van der Waals surface area contributed by atoms with Gasteiger partial charge in [0.25, 0.3) is 5.91 Å². The quantitative estimate of drug-likeness (QED) is 0.776. The van der Waals surface area contributed by atoms with Crippen molar-refractivity contribution < 1.29 is 4.79 Å². The van der Waals surface area contributed by atoms with Gasteiger partial charge in [-0.2, -0.15) is 0 Å². The molecule has 0 saturated carbocycles. The molecule has 0 radical (unpaired) electrons. The number of fused-ring (bicyclic) bond motifs is 1. The molecular formula is C21H23N3O. The zero-order valence-electron chi connectivity index (χ0n) is 14.9. The van der Waals surface area contributed by atoms with E-state index in [0.29, 0.717) is 12.2 Å². The standard InChI is InChI=1S/C21H23N3O/c1-15-8-10-17(11-9-15)19(24(2)3)14-23-21(25)20-18-7-5-4-6-16(18)12-13-22-20/h4-13,19H,14H2,1-3H3,(H,23,25)/t19-/m0/s1. The van der Waals surface area contributed by atoms with E-state index >= 15 is 0 Å². The molecule has 4 nitrogen and oxygen atoms in total. The minimum Gasteiger partial charge on any atom is -0.349 e. The zero-order chi connectivity index (χ0) is 17.8. The maximum absolute atomic E-state index is 12.7. The number of carbonyl (C=O) groups excluding carboxylic acids is 1. The molecule has 0 spiro atoms. The van der Waals surface area contributed by atoms with Gasteiger partial charge >= 0.3 is 0 Å². The van der Waals surface area contributed by atoms with Crippen molar-refractivity contribution in [3.8, 4) is 0 Å². The molecule has 3 rings (SSSR count). The number of nitrogens with zero attached hydrogens (tertiary/aromatic N) is 2. The van der Waals surface area contributed by atoms with Crippen LogP contribution in [0.3, 0.4) is 0 Å². The Bertz CT molecular complexity index is 866. The van der Waals surface area contributed by atoms with Crippen LogP contribution in [0.5, 0.6) is 0 Å². The Hall–Kier alpha value is -2.72. The summed E-state index contributed by atoms with van der Waals surface area (Å²) in [6.07, 6.45) is 1.68. The average molecular weight is 333 g/mol. The van der Waals surface area contributed by atoms with Gasteiger partial charge in [0.1, 0.15) is 5.69 Å². The van der Waals surface area contributed by atoms with Crippen molar-refractivity contribution in [1.82, 2.24) is 15.2 Å². The number of pyridine rings is 1. The average Bonchev–Trinajstić information content (AvgIpc) is 2.62. The third kappa shape index (κ3) is 3.86. The first-order chi connectivity index (χ1) is 12.1. The third-order valence-electron chi connectivity index (χ3n) is 4.43. The van der Waals surface area contributed by atoms with E-state index in [2.05, 4.69) is 46.4 Å². The van der Waals surface area contributed by atoms with Crippen LogP contribution in [0.2, 0.25) is 0 Å². The summed E-state index contributed by atoms with van der Waals surface area (Å²) in [6.45, 7) is 2.60. The lowest BCUT2D eigenvalue weighted by atomic mass is 10.0. The summed E-state index contributed by atoms with van der Waals surface area (Å²) >= 11 is 0. The molecule has 4 heteroatoms. The summed E-state index contributed by atoms with van der Waals surface area (Å²) in [7, 11) is 4.04. The summed E-state index contributed by atoms with van der Waals surface area (Å²) in [5.74, 6) is -0.143. The number of hydrogen-bond acceptors (Lipinski definition) is 3. The van der Waals surface area contributed by atoms with Crippen LogP contribution >= 0.6 is 0 Å². The predicted molar refractivity (Wildman–Crippen MR) is 102 cm³/mol. The molecule has 1 N–H and O–H groups in total. The Morgan fingerprint density at radius 3 is 2.52 bits per heavy atom. The highest BCUT2D eigenvalue weighted by atomic mass is 16.1. The lowest BCUT2D eigenvalue weighted by molar-refractivity contribution is 0.0939.